The highest BCUT2D eigenvalue weighted by molar-refractivity contribution is 7.92. The van der Waals surface area contributed by atoms with E-state index in [1.54, 1.807) is 30.6 Å². The molecule has 0 saturated heterocycles. The van der Waals surface area contributed by atoms with Gasteiger partial charge in [-0.3, -0.25) is 19.8 Å². The molecule has 0 saturated carbocycles. The van der Waals surface area contributed by atoms with Crippen molar-refractivity contribution in [2.24, 2.45) is 0 Å². The average molecular weight is 459 g/mol. The molecule has 3 aromatic rings. The van der Waals surface area contributed by atoms with Gasteiger partial charge in [0.2, 0.25) is 0 Å². The summed E-state index contributed by atoms with van der Waals surface area (Å²) in [6.07, 6.45) is 5.29. The van der Waals surface area contributed by atoms with Gasteiger partial charge in [-0.1, -0.05) is 18.2 Å². The lowest BCUT2D eigenvalue weighted by atomic mass is 10.0. The topological polar surface area (TPSA) is 118 Å². The summed E-state index contributed by atoms with van der Waals surface area (Å²) in [4.78, 5) is 28.5. The Labute approximate surface area is 184 Å². The second kappa shape index (κ2) is 9.01. The molecule has 0 spiro atoms. The first kappa shape index (κ1) is 23.3. The molecule has 10 heteroatoms. The van der Waals surface area contributed by atoms with Crippen LogP contribution in [0.5, 0.6) is 0 Å². The van der Waals surface area contributed by atoms with Crippen molar-refractivity contribution in [3.63, 3.8) is 0 Å². The SMILES string of the molecule is CC(CCn1ccc(-c2ccc(-c3cccnc3)cc2F)cc1=O)(C(=O)NO)S(C)(=O)=O. The van der Waals surface area contributed by atoms with Crippen LogP contribution in [0.4, 0.5) is 4.39 Å². The molecule has 32 heavy (non-hydrogen) atoms. The number of amides is 1. The Hall–Kier alpha value is -3.37. The number of carbonyl (C=O) groups excluding carboxylic acids is 1. The zero-order valence-corrected chi connectivity index (χ0v) is 18.3. The minimum Gasteiger partial charge on any atom is -0.315 e. The van der Waals surface area contributed by atoms with Crippen LogP contribution in [0.3, 0.4) is 0 Å². The smallest absolute Gasteiger partial charge is 0.264 e. The van der Waals surface area contributed by atoms with Crippen molar-refractivity contribution in [1.29, 1.82) is 0 Å². The number of hydroxylamine groups is 1. The van der Waals surface area contributed by atoms with Crippen molar-refractivity contribution < 1.29 is 22.8 Å². The highest BCUT2D eigenvalue weighted by atomic mass is 32.2. The van der Waals surface area contributed by atoms with Crippen LogP contribution in [-0.4, -0.2) is 40.1 Å². The Balaban J connectivity index is 1.86. The first-order valence-electron chi connectivity index (χ1n) is 9.62. The van der Waals surface area contributed by atoms with Gasteiger partial charge in [0, 0.05) is 48.6 Å². The average Bonchev–Trinajstić information content (AvgIpc) is 2.77. The van der Waals surface area contributed by atoms with Crippen LogP contribution in [0, 0.1) is 5.82 Å². The van der Waals surface area contributed by atoms with Crippen molar-refractivity contribution in [1.82, 2.24) is 15.0 Å². The Bertz CT molecular complexity index is 1310. The van der Waals surface area contributed by atoms with E-state index >= 15 is 0 Å². The van der Waals surface area contributed by atoms with E-state index in [0.29, 0.717) is 11.1 Å². The summed E-state index contributed by atoms with van der Waals surface area (Å²) in [5, 5.41) is 8.89. The van der Waals surface area contributed by atoms with Crippen LogP contribution in [0.2, 0.25) is 0 Å². The zero-order valence-electron chi connectivity index (χ0n) is 17.4. The van der Waals surface area contributed by atoms with Crippen LogP contribution >= 0.6 is 0 Å². The minimum atomic E-state index is -3.88. The van der Waals surface area contributed by atoms with E-state index in [1.165, 1.54) is 41.4 Å². The van der Waals surface area contributed by atoms with E-state index in [9.17, 15) is 22.4 Å². The van der Waals surface area contributed by atoms with E-state index in [4.69, 9.17) is 5.21 Å². The number of carbonyl (C=O) groups is 1. The monoisotopic (exact) mass is 459 g/mol. The molecule has 0 aliphatic rings. The van der Waals surface area contributed by atoms with E-state index < -0.39 is 31.9 Å². The number of rotatable bonds is 7. The van der Waals surface area contributed by atoms with Gasteiger partial charge < -0.3 is 4.57 Å². The largest absolute Gasteiger partial charge is 0.315 e. The molecule has 0 aliphatic heterocycles. The molecular weight excluding hydrogens is 437 g/mol. The molecule has 1 unspecified atom stereocenters. The number of halogens is 1. The molecule has 2 heterocycles. The van der Waals surface area contributed by atoms with Gasteiger partial charge in [0.05, 0.1) is 0 Å². The number of aryl methyl sites for hydroxylation is 1. The molecule has 0 bridgehead atoms. The normalized spacial score (nSPS) is 13.4. The maximum Gasteiger partial charge on any atom is 0.264 e. The van der Waals surface area contributed by atoms with Crippen LogP contribution in [0.25, 0.3) is 22.3 Å². The number of hydrogen-bond donors (Lipinski definition) is 2. The van der Waals surface area contributed by atoms with Gasteiger partial charge in [-0.05, 0) is 42.7 Å². The van der Waals surface area contributed by atoms with E-state index in [1.807, 2.05) is 6.07 Å². The number of aromatic nitrogens is 2. The fourth-order valence-corrected chi connectivity index (χ4v) is 4.09. The molecule has 3 rings (SSSR count). The predicted octanol–water partition coefficient (Wildman–Crippen LogP) is 2.42. The first-order chi connectivity index (χ1) is 15.1. The molecule has 1 amide bonds. The summed E-state index contributed by atoms with van der Waals surface area (Å²) in [5.74, 6) is -1.59. The minimum absolute atomic E-state index is 0.0987. The molecule has 2 aromatic heterocycles. The molecule has 1 atom stereocenters. The van der Waals surface area contributed by atoms with Crippen molar-refractivity contribution >= 4 is 15.7 Å². The Morgan fingerprint density at radius 1 is 1.19 bits per heavy atom. The van der Waals surface area contributed by atoms with Crippen LogP contribution in [0.15, 0.2) is 65.8 Å². The molecule has 0 radical (unpaired) electrons. The third-order valence-corrected chi connectivity index (χ3v) is 7.53. The fourth-order valence-electron chi connectivity index (χ4n) is 3.24. The Morgan fingerprint density at radius 3 is 2.50 bits per heavy atom. The standard InChI is InChI=1S/C22H22FN3O5S/c1-22(21(28)25-29,32(2,30)31)8-11-26-10-7-16(13-20(26)27)18-6-5-15(12-19(18)23)17-4-3-9-24-14-17/h3-7,9-10,12-14,29H,8,11H2,1-2H3,(H,25,28). The lowest BCUT2D eigenvalue weighted by Crippen LogP contribution is -2.49. The quantitative estimate of drug-likeness (QED) is 0.414. The number of nitrogens with one attached hydrogen (secondary N) is 1. The van der Waals surface area contributed by atoms with Crippen molar-refractivity contribution in [2.75, 3.05) is 6.26 Å². The second-order valence-corrected chi connectivity index (χ2v) is 10.0. The number of hydrogen-bond acceptors (Lipinski definition) is 6. The van der Waals surface area contributed by atoms with Crippen molar-refractivity contribution in [3.05, 3.63) is 77.2 Å². The summed E-state index contributed by atoms with van der Waals surface area (Å²) >= 11 is 0. The maximum absolute atomic E-state index is 14.8. The van der Waals surface area contributed by atoms with Crippen LogP contribution < -0.4 is 11.0 Å². The summed E-state index contributed by atoms with van der Waals surface area (Å²) in [6.45, 7) is 1.07. The molecule has 0 fully saturated rings. The lowest BCUT2D eigenvalue weighted by Gasteiger charge is -2.25. The highest BCUT2D eigenvalue weighted by Gasteiger charge is 2.43. The molecule has 1 aromatic carbocycles. The van der Waals surface area contributed by atoms with Gasteiger partial charge in [-0.2, -0.15) is 0 Å². The number of pyridine rings is 2. The van der Waals surface area contributed by atoms with Crippen molar-refractivity contribution in [2.45, 2.75) is 24.6 Å². The maximum atomic E-state index is 14.8. The third kappa shape index (κ3) is 4.61. The van der Waals surface area contributed by atoms with Gasteiger partial charge >= 0.3 is 0 Å². The summed E-state index contributed by atoms with van der Waals surface area (Å²) in [6, 6.07) is 11.0. The van der Waals surface area contributed by atoms with E-state index in [-0.39, 0.29) is 18.5 Å². The molecule has 0 aliphatic carbocycles. The zero-order chi connectivity index (χ0) is 23.5. The lowest BCUT2D eigenvalue weighted by molar-refractivity contribution is -0.131. The number of benzene rings is 1. The number of sulfone groups is 1. The van der Waals surface area contributed by atoms with Gasteiger partial charge in [0.15, 0.2) is 14.6 Å². The van der Waals surface area contributed by atoms with Gasteiger partial charge in [-0.25, -0.2) is 18.3 Å². The summed E-state index contributed by atoms with van der Waals surface area (Å²) < 4.78 is 38.2. The molecular formula is C22H22FN3O5S. The first-order valence-corrected chi connectivity index (χ1v) is 11.5. The third-order valence-electron chi connectivity index (χ3n) is 5.50. The summed E-state index contributed by atoms with van der Waals surface area (Å²) in [5.41, 5.74) is 2.88. The second-order valence-electron chi connectivity index (χ2n) is 7.58. The molecule has 8 nitrogen and oxygen atoms in total. The molecule has 168 valence electrons. The Morgan fingerprint density at radius 2 is 1.94 bits per heavy atom. The van der Waals surface area contributed by atoms with Crippen molar-refractivity contribution in [3.8, 4) is 22.3 Å². The van der Waals surface area contributed by atoms with Crippen LogP contribution in [0.1, 0.15) is 13.3 Å². The number of nitrogens with zero attached hydrogens (tertiary/aromatic N) is 2. The highest BCUT2D eigenvalue weighted by Crippen LogP contribution is 2.27. The van der Waals surface area contributed by atoms with E-state index in [0.717, 1.165) is 11.8 Å². The molecule has 2 N–H and O–H groups in total. The van der Waals surface area contributed by atoms with Gasteiger partial charge in [0.25, 0.3) is 11.5 Å². The van der Waals surface area contributed by atoms with E-state index in [2.05, 4.69) is 4.98 Å². The summed E-state index contributed by atoms with van der Waals surface area (Å²) in [7, 11) is -3.88. The fraction of sp³-hybridized carbons (Fsp3) is 0.227. The Kier molecular flexibility index (Phi) is 6.56. The predicted molar refractivity (Wildman–Crippen MR) is 117 cm³/mol. The van der Waals surface area contributed by atoms with Gasteiger partial charge in [-0.15, -0.1) is 0 Å². The van der Waals surface area contributed by atoms with Crippen LogP contribution in [-0.2, 0) is 21.2 Å². The van der Waals surface area contributed by atoms with Gasteiger partial charge in [0.1, 0.15) is 5.82 Å².